The molecule has 2 aromatic carbocycles. The second-order valence-corrected chi connectivity index (χ2v) is 8.37. The summed E-state index contributed by atoms with van der Waals surface area (Å²) >= 11 is 0. The van der Waals surface area contributed by atoms with E-state index in [9.17, 15) is 8.42 Å². The van der Waals surface area contributed by atoms with Gasteiger partial charge in [-0.05, 0) is 62.5 Å². The zero-order valence-electron chi connectivity index (χ0n) is 14.5. The van der Waals surface area contributed by atoms with Crippen LogP contribution in [-0.2, 0) is 10.2 Å². The molecule has 5 nitrogen and oxygen atoms in total. The molecule has 0 bridgehead atoms. The SMILES string of the molecule is Cl.O=S1(=O)N(CCC2CCCNC2)c2ccccc2N1c1ccccc1. The van der Waals surface area contributed by atoms with Gasteiger partial charge in [0, 0.05) is 6.54 Å². The van der Waals surface area contributed by atoms with E-state index in [1.165, 1.54) is 17.1 Å². The van der Waals surface area contributed by atoms with E-state index in [0.717, 1.165) is 30.9 Å². The lowest BCUT2D eigenvalue weighted by Gasteiger charge is -2.26. The van der Waals surface area contributed by atoms with Crippen LogP contribution in [0.3, 0.4) is 0 Å². The largest absolute Gasteiger partial charge is 0.330 e. The van der Waals surface area contributed by atoms with Crippen molar-refractivity contribution in [3.8, 4) is 0 Å². The molecule has 0 aliphatic carbocycles. The van der Waals surface area contributed by atoms with Crippen LogP contribution in [0.15, 0.2) is 54.6 Å². The highest BCUT2D eigenvalue weighted by atomic mass is 35.5. The minimum absolute atomic E-state index is 0. The van der Waals surface area contributed by atoms with Crippen LogP contribution in [0.2, 0.25) is 0 Å². The monoisotopic (exact) mass is 393 g/mol. The van der Waals surface area contributed by atoms with Crippen LogP contribution >= 0.6 is 12.4 Å². The van der Waals surface area contributed by atoms with E-state index in [4.69, 9.17) is 0 Å². The maximum absolute atomic E-state index is 13.3. The van der Waals surface area contributed by atoms with Gasteiger partial charge in [0.15, 0.2) is 0 Å². The van der Waals surface area contributed by atoms with E-state index in [1.807, 2.05) is 54.6 Å². The molecule has 0 saturated carbocycles. The molecule has 2 heterocycles. The molecular weight excluding hydrogens is 370 g/mol. The quantitative estimate of drug-likeness (QED) is 0.861. The van der Waals surface area contributed by atoms with Crippen molar-refractivity contribution in [2.45, 2.75) is 19.3 Å². The number of para-hydroxylation sites is 3. The molecule has 140 valence electrons. The summed E-state index contributed by atoms with van der Waals surface area (Å²) in [6, 6.07) is 16.9. The summed E-state index contributed by atoms with van der Waals surface area (Å²) in [5.74, 6) is 0.543. The lowest BCUT2D eigenvalue weighted by atomic mass is 9.96. The first-order valence-corrected chi connectivity index (χ1v) is 10.3. The summed E-state index contributed by atoms with van der Waals surface area (Å²) in [5, 5.41) is 3.41. The Morgan fingerprint density at radius 1 is 1.00 bits per heavy atom. The Morgan fingerprint density at radius 3 is 2.38 bits per heavy atom. The average Bonchev–Trinajstić information content (AvgIpc) is 2.87. The first kappa shape index (κ1) is 19.0. The number of nitrogens with one attached hydrogen (secondary N) is 1. The summed E-state index contributed by atoms with van der Waals surface area (Å²) < 4.78 is 29.6. The van der Waals surface area contributed by atoms with E-state index in [-0.39, 0.29) is 12.4 Å². The molecule has 2 aliphatic rings. The van der Waals surface area contributed by atoms with Crippen LogP contribution in [0.5, 0.6) is 0 Å². The molecule has 1 saturated heterocycles. The zero-order valence-corrected chi connectivity index (χ0v) is 16.2. The third-order valence-electron chi connectivity index (χ3n) is 5.01. The lowest BCUT2D eigenvalue weighted by molar-refractivity contribution is 0.362. The Labute approximate surface area is 161 Å². The van der Waals surface area contributed by atoms with Gasteiger partial charge in [-0.3, -0.25) is 4.31 Å². The predicted molar refractivity (Wildman–Crippen MR) is 109 cm³/mol. The van der Waals surface area contributed by atoms with Gasteiger partial charge in [-0.15, -0.1) is 12.4 Å². The van der Waals surface area contributed by atoms with E-state index in [2.05, 4.69) is 5.32 Å². The summed E-state index contributed by atoms with van der Waals surface area (Å²) in [4.78, 5) is 0. The van der Waals surface area contributed by atoms with Crippen molar-refractivity contribution in [1.82, 2.24) is 5.32 Å². The fourth-order valence-electron chi connectivity index (χ4n) is 3.74. The number of rotatable bonds is 4. The van der Waals surface area contributed by atoms with Crippen LogP contribution < -0.4 is 13.9 Å². The van der Waals surface area contributed by atoms with Gasteiger partial charge in [-0.2, -0.15) is 8.42 Å². The third-order valence-corrected chi connectivity index (χ3v) is 6.81. The molecule has 1 fully saturated rings. The molecule has 4 rings (SSSR count). The molecule has 0 spiro atoms. The Kier molecular flexibility index (Phi) is 5.75. The molecule has 0 aromatic heterocycles. The highest BCUT2D eigenvalue weighted by Gasteiger charge is 2.41. The molecule has 1 unspecified atom stereocenters. The molecular formula is C19H24ClN3O2S. The minimum atomic E-state index is -3.59. The van der Waals surface area contributed by atoms with Gasteiger partial charge in [0.1, 0.15) is 0 Å². The molecule has 1 atom stereocenters. The van der Waals surface area contributed by atoms with Crippen molar-refractivity contribution in [2.75, 3.05) is 28.2 Å². The van der Waals surface area contributed by atoms with E-state index < -0.39 is 10.2 Å². The van der Waals surface area contributed by atoms with Gasteiger partial charge < -0.3 is 5.32 Å². The summed E-state index contributed by atoms with van der Waals surface area (Å²) in [6.07, 6.45) is 3.22. The fourth-order valence-corrected chi connectivity index (χ4v) is 5.46. The predicted octanol–water partition coefficient (Wildman–Crippen LogP) is 3.70. The highest BCUT2D eigenvalue weighted by Crippen LogP contribution is 2.45. The summed E-state index contributed by atoms with van der Waals surface area (Å²) in [7, 11) is -3.59. The number of nitrogens with zero attached hydrogens (tertiary/aromatic N) is 2. The third kappa shape index (κ3) is 3.41. The number of hydrogen-bond acceptors (Lipinski definition) is 3. The molecule has 7 heteroatoms. The van der Waals surface area contributed by atoms with Crippen molar-refractivity contribution in [1.29, 1.82) is 0 Å². The second kappa shape index (κ2) is 7.86. The molecule has 2 aliphatic heterocycles. The van der Waals surface area contributed by atoms with E-state index >= 15 is 0 Å². The maximum Gasteiger partial charge on any atom is 0.330 e. The topological polar surface area (TPSA) is 52.7 Å². The van der Waals surface area contributed by atoms with Crippen LogP contribution in [0, 0.1) is 5.92 Å². The van der Waals surface area contributed by atoms with Crippen molar-refractivity contribution < 1.29 is 8.42 Å². The van der Waals surface area contributed by atoms with Crippen molar-refractivity contribution >= 4 is 39.7 Å². The molecule has 0 radical (unpaired) electrons. The molecule has 2 aromatic rings. The second-order valence-electron chi connectivity index (χ2n) is 6.67. The summed E-state index contributed by atoms with van der Waals surface area (Å²) in [6.45, 7) is 2.58. The van der Waals surface area contributed by atoms with Crippen molar-refractivity contribution in [2.24, 2.45) is 5.92 Å². The Morgan fingerprint density at radius 2 is 1.69 bits per heavy atom. The number of fused-ring (bicyclic) bond motifs is 1. The van der Waals surface area contributed by atoms with Gasteiger partial charge in [0.25, 0.3) is 0 Å². The molecule has 26 heavy (non-hydrogen) atoms. The van der Waals surface area contributed by atoms with Gasteiger partial charge in [-0.25, -0.2) is 4.31 Å². The maximum atomic E-state index is 13.3. The first-order valence-electron chi connectivity index (χ1n) is 8.86. The van der Waals surface area contributed by atoms with Crippen molar-refractivity contribution in [3.63, 3.8) is 0 Å². The number of benzene rings is 2. The Hall–Kier alpha value is -1.76. The van der Waals surface area contributed by atoms with Gasteiger partial charge in [-0.1, -0.05) is 30.3 Å². The minimum Gasteiger partial charge on any atom is -0.316 e. The van der Waals surface area contributed by atoms with Crippen LogP contribution in [0.4, 0.5) is 17.1 Å². The normalized spacial score (nSPS) is 21.2. The van der Waals surface area contributed by atoms with Crippen molar-refractivity contribution in [3.05, 3.63) is 54.6 Å². The van der Waals surface area contributed by atoms with Gasteiger partial charge in [0.2, 0.25) is 0 Å². The number of halogens is 1. The number of hydrogen-bond donors (Lipinski definition) is 1. The Bertz CT molecular complexity index is 839. The fraction of sp³-hybridized carbons (Fsp3) is 0.368. The summed E-state index contributed by atoms with van der Waals surface area (Å²) in [5.41, 5.74) is 2.18. The highest BCUT2D eigenvalue weighted by molar-refractivity contribution is 7.95. The van der Waals surface area contributed by atoms with Crippen LogP contribution in [0.25, 0.3) is 0 Å². The molecule has 0 amide bonds. The average molecular weight is 394 g/mol. The standard InChI is InChI=1S/C19H23N3O2S.ClH/c23-25(24)21(14-12-16-7-6-13-20-15-16)18-10-4-5-11-19(18)22(25)17-8-2-1-3-9-17;/h1-5,8-11,16,20H,6-7,12-15H2;1H. The van der Waals surface area contributed by atoms with E-state index in [0.29, 0.717) is 18.2 Å². The smallest absolute Gasteiger partial charge is 0.316 e. The van der Waals surface area contributed by atoms with Crippen LogP contribution in [-0.4, -0.2) is 28.1 Å². The van der Waals surface area contributed by atoms with Gasteiger partial charge in [0.05, 0.1) is 17.1 Å². The van der Waals surface area contributed by atoms with Crippen LogP contribution in [0.1, 0.15) is 19.3 Å². The van der Waals surface area contributed by atoms with E-state index in [1.54, 1.807) is 4.31 Å². The number of piperidine rings is 1. The lowest BCUT2D eigenvalue weighted by Crippen LogP contribution is -2.38. The Balaban J connectivity index is 0.00000196. The zero-order chi connectivity index (χ0) is 17.3. The molecule has 1 N–H and O–H groups in total. The first-order chi connectivity index (χ1) is 12.2. The number of anilines is 3. The van der Waals surface area contributed by atoms with Gasteiger partial charge >= 0.3 is 10.2 Å².